The molecule has 2 rings (SSSR count). The lowest BCUT2D eigenvalue weighted by Crippen LogP contribution is -2.64. The maximum Gasteiger partial charge on any atom is 0.451 e. The van der Waals surface area contributed by atoms with Gasteiger partial charge >= 0.3 is 13.1 Å². The number of carbonyl (C=O) groups excluding carboxylic acids is 1. The molecule has 3 atom stereocenters. The lowest BCUT2D eigenvalue weighted by molar-refractivity contribution is -0.149. The summed E-state index contributed by atoms with van der Waals surface area (Å²) in [6.07, 6.45) is 0.787. The van der Waals surface area contributed by atoms with E-state index in [1.54, 1.807) is 12.1 Å². The summed E-state index contributed by atoms with van der Waals surface area (Å²) >= 11 is 0. The number of benzene rings is 1. The highest BCUT2D eigenvalue weighted by Gasteiger charge is 2.44. The van der Waals surface area contributed by atoms with Gasteiger partial charge in [-0.05, 0) is 42.8 Å². The number of likely N-dealkylation sites (tertiary alicyclic amines) is 1. The number of phenolic OH excluding ortho intramolecular Hbond substituents is 1. The number of hydrogen-bond acceptors (Lipinski definition) is 7. The Kier molecular flexibility index (Phi) is 11.0. The van der Waals surface area contributed by atoms with Crippen LogP contribution in [0.3, 0.4) is 0 Å². The van der Waals surface area contributed by atoms with Crippen LogP contribution in [0.5, 0.6) is 5.75 Å². The zero-order valence-electron chi connectivity index (χ0n) is 15.8. The second kappa shape index (κ2) is 11.6. The van der Waals surface area contributed by atoms with E-state index in [1.165, 1.54) is 17.0 Å². The van der Waals surface area contributed by atoms with Crippen molar-refractivity contribution in [2.45, 2.75) is 37.2 Å². The standard InChI is InChI=1S/C17H26BN3O6.2ClH/c19-14(7-11-1-3-13(22)4-2-11)15(23)21-9-12(5-6-18(26)27)8-17(20,10-21)16(24)25;;/h1-4,12,14,22,26-27H,5-10,19-20H2,(H,24,25);2*1H/t12-,14-,17+;;/m0../s1. The molecular formula is C17H28BCl2N3O6. The molecule has 1 aromatic carbocycles. The third-order valence-electron chi connectivity index (χ3n) is 4.88. The molecule has 1 aliphatic heterocycles. The van der Waals surface area contributed by atoms with Gasteiger partial charge in [-0.15, -0.1) is 24.8 Å². The molecule has 0 unspecified atom stereocenters. The van der Waals surface area contributed by atoms with Crippen LogP contribution in [0.2, 0.25) is 6.32 Å². The topological polar surface area (TPSA) is 170 Å². The first-order valence-corrected chi connectivity index (χ1v) is 8.81. The van der Waals surface area contributed by atoms with Crippen molar-refractivity contribution < 1.29 is 29.9 Å². The summed E-state index contributed by atoms with van der Waals surface area (Å²) in [5, 5.41) is 36.9. The van der Waals surface area contributed by atoms with Gasteiger partial charge in [-0.1, -0.05) is 18.6 Å². The van der Waals surface area contributed by atoms with Crippen LogP contribution in [0.4, 0.5) is 0 Å². The van der Waals surface area contributed by atoms with Crippen LogP contribution in [0.15, 0.2) is 24.3 Å². The number of carboxylic acid groups (broad SMARTS) is 1. The van der Waals surface area contributed by atoms with Crippen LogP contribution in [-0.4, -0.2) is 68.8 Å². The first-order chi connectivity index (χ1) is 12.6. The Bertz CT molecular complexity index is 682. The molecule has 1 fully saturated rings. The largest absolute Gasteiger partial charge is 0.508 e. The number of phenols is 1. The second-order valence-electron chi connectivity index (χ2n) is 7.29. The molecule has 1 saturated heterocycles. The van der Waals surface area contributed by atoms with Crippen LogP contribution in [-0.2, 0) is 16.0 Å². The minimum atomic E-state index is -1.60. The molecule has 0 aliphatic carbocycles. The van der Waals surface area contributed by atoms with Gasteiger partial charge in [0, 0.05) is 13.1 Å². The van der Waals surface area contributed by atoms with Gasteiger partial charge in [-0.25, -0.2) is 0 Å². The highest BCUT2D eigenvalue weighted by Crippen LogP contribution is 2.28. The van der Waals surface area contributed by atoms with Crippen LogP contribution in [0, 0.1) is 5.92 Å². The van der Waals surface area contributed by atoms with Gasteiger partial charge in [0.25, 0.3) is 0 Å². The highest BCUT2D eigenvalue weighted by molar-refractivity contribution is 6.40. The second-order valence-corrected chi connectivity index (χ2v) is 7.29. The van der Waals surface area contributed by atoms with Crippen molar-refractivity contribution in [3.05, 3.63) is 29.8 Å². The number of aliphatic carboxylic acids is 1. The van der Waals surface area contributed by atoms with E-state index in [0.29, 0.717) is 6.42 Å². The normalized spacial score (nSPS) is 22.1. The van der Waals surface area contributed by atoms with Gasteiger partial charge < -0.3 is 36.6 Å². The fourth-order valence-corrected chi connectivity index (χ4v) is 3.47. The summed E-state index contributed by atoms with van der Waals surface area (Å²) in [7, 11) is -1.50. The summed E-state index contributed by atoms with van der Waals surface area (Å²) in [6.45, 7) is 0.115. The van der Waals surface area contributed by atoms with E-state index in [9.17, 15) is 19.8 Å². The number of carboxylic acids is 1. The molecule has 0 radical (unpaired) electrons. The summed E-state index contributed by atoms with van der Waals surface area (Å²) < 4.78 is 0. The highest BCUT2D eigenvalue weighted by atomic mass is 35.5. The number of aromatic hydroxyl groups is 1. The fourth-order valence-electron chi connectivity index (χ4n) is 3.47. The number of carbonyl (C=O) groups is 2. The smallest absolute Gasteiger partial charge is 0.451 e. The number of rotatable bonds is 7. The maximum absolute atomic E-state index is 12.8. The van der Waals surface area contributed by atoms with E-state index < -0.39 is 30.6 Å². The molecule has 1 aliphatic rings. The first kappa shape index (κ1) is 27.4. The molecule has 12 heteroatoms. The molecule has 0 saturated carbocycles. The first-order valence-electron chi connectivity index (χ1n) is 8.81. The predicted octanol–water partition coefficient (Wildman–Crippen LogP) is -0.401. The molecule has 1 heterocycles. The minimum absolute atomic E-state index is 0. The van der Waals surface area contributed by atoms with Gasteiger partial charge in [0.1, 0.15) is 11.3 Å². The average molecular weight is 452 g/mol. The Morgan fingerprint density at radius 2 is 1.83 bits per heavy atom. The van der Waals surface area contributed by atoms with Gasteiger partial charge in [-0.2, -0.15) is 0 Å². The SMILES string of the molecule is Cl.Cl.N[C@@H](Cc1ccc(O)cc1)C(=O)N1C[C@@H](CCB(O)O)C[C@](N)(C(=O)O)C1. The molecular weight excluding hydrogens is 424 g/mol. The van der Waals surface area contributed by atoms with Crippen molar-refractivity contribution in [1.82, 2.24) is 4.90 Å². The molecule has 0 bridgehead atoms. The van der Waals surface area contributed by atoms with E-state index >= 15 is 0 Å². The van der Waals surface area contributed by atoms with Crippen LogP contribution in [0.1, 0.15) is 18.4 Å². The quantitative estimate of drug-likeness (QED) is 0.304. The summed E-state index contributed by atoms with van der Waals surface area (Å²) in [4.78, 5) is 25.7. The zero-order valence-corrected chi connectivity index (χ0v) is 17.4. The number of amides is 1. The summed E-state index contributed by atoms with van der Waals surface area (Å²) in [5.41, 5.74) is 11.2. The van der Waals surface area contributed by atoms with Crippen LogP contribution in [0.25, 0.3) is 0 Å². The van der Waals surface area contributed by atoms with E-state index in [0.717, 1.165) is 5.56 Å². The zero-order chi connectivity index (χ0) is 20.2. The molecule has 9 nitrogen and oxygen atoms in total. The third-order valence-corrected chi connectivity index (χ3v) is 4.88. The number of halogens is 2. The molecule has 164 valence electrons. The van der Waals surface area contributed by atoms with Crippen LogP contribution >= 0.6 is 24.8 Å². The van der Waals surface area contributed by atoms with Gasteiger partial charge in [0.2, 0.25) is 5.91 Å². The Morgan fingerprint density at radius 3 is 2.34 bits per heavy atom. The number of nitrogens with two attached hydrogens (primary N) is 2. The van der Waals surface area contributed by atoms with E-state index in [-0.39, 0.29) is 68.7 Å². The molecule has 0 spiro atoms. The Morgan fingerprint density at radius 1 is 1.24 bits per heavy atom. The number of piperidine rings is 1. The van der Waals surface area contributed by atoms with Crippen molar-refractivity contribution >= 4 is 43.8 Å². The Labute approximate surface area is 182 Å². The fraction of sp³-hybridized carbons (Fsp3) is 0.529. The maximum atomic E-state index is 12.8. The lowest BCUT2D eigenvalue weighted by Gasteiger charge is -2.42. The van der Waals surface area contributed by atoms with E-state index in [2.05, 4.69) is 0 Å². The van der Waals surface area contributed by atoms with E-state index in [4.69, 9.17) is 21.5 Å². The van der Waals surface area contributed by atoms with Gasteiger partial charge in [-0.3, -0.25) is 9.59 Å². The molecule has 1 amide bonds. The van der Waals surface area contributed by atoms with E-state index in [1.807, 2.05) is 0 Å². The van der Waals surface area contributed by atoms with Gasteiger partial charge in [0.05, 0.1) is 6.04 Å². The van der Waals surface area contributed by atoms with Crippen molar-refractivity contribution in [2.75, 3.05) is 13.1 Å². The molecule has 0 aromatic heterocycles. The average Bonchev–Trinajstić information content (AvgIpc) is 2.60. The predicted molar refractivity (Wildman–Crippen MR) is 113 cm³/mol. The minimum Gasteiger partial charge on any atom is -0.508 e. The Hall–Kier alpha value is -1.56. The van der Waals surface area contributed by atoms with Crippen LogP contribution < -0.4 is 11.5 Å². The summed E-state index contributed by atoms with van der Waals surface area (Å²) in [5.74, 6) is -1.78. The van der Waals surface area contributed by atoms with Crippen molar-refractivity contribution in [2.24, 2.45) is 17.4 Å². The molecule has 1 aromatic rings. The third kappa shape index (κ3) is 7.65. The summed E-state index contributed by atoms with van der Waals surface area (Å²) in [6, 6.07) is 5.44. The van der Waals surface area contributed by atoms with Gasteiger partial charge in [0.15, 0.2) is 0 Å². The van der Waals surface area contributed by atoms with Crippen molar-refractivity contribution in [3.63, 3.8) is 0 Å². The monoisotopic (exact) mass is 451 g/mol. The lowest BCUT2D eigenvalue weighted by atomic mass is 9.75. The van der Waals surface area contributed by atoms with Crippen molar-refractivity contribution in [1.29, 1.82) is 0 Å². The Balaban J connectivity index is 0.00000392. The molecule has 8 N–H and O–H groups in total. The molecule has 29 heavy (non-hydrogen) atoms. The van der Waals surface area contributed by atoms with Crippen molar-refractivity contribution in [3.8, 4) is 5.75 Å². The number of hydrogen-bond donors (Lipinski definition) is 6. The number of nitrogens with zero attached hydrogens (tertiary/aromatic N) is 1.